The molecular formula is C15H34N2O2. The number of rotatable bonds is 11. The van der Waals surface area contributed by atoms with Crippen molar-refractivity contribution in [2.45, 2.75) is 64.6 Å². The Morgan fingerprint density at radius 1 is 1.11 bits per heavy atom. The molecule has 0 aromatic rings. The molecule has 0 aliphatic carbocycles. The van der Waals surface area contributed by atoms with Gasteiger partial charge in [0.05, 0.1) is 12.2 Å². The second-order valence-electron chi connectivity index (χ2n) is 5.76. The molecule has 0 bridgehead atoms. The molecule has 0 rings (SSSR count). The Kier molecular flexibility index (Phi) is 9.62. The molecule has 116 valence electrons. The maximum absolute atomic E-state index is 6.02. The maximum atomic E-state index is 6.02. The quantitative estimate of drug-likeness (QED) is 0.628. The molecule has 0 amide bonds. The highest BCUT2D eigenvalue weighted by Gasteiger charge is 2.29. The zero-order chi connectivity index (χ0) is 14.9. The van der Waals surface area contributed by atoms with Crippen molar-refractivity contribution < 1.29 is 9.47 Å². The van der Waals surface area contributed by atoms with Gasteiger partial charge in [0.25, 0.3) is 0 Å². The fourth-order valence-electron chi connectivity index (χ4n) is 2.60. The minimum atomic E-state index is -0.138. The van der Waals surface area contributed by atoms with Crippen molar-refractivity contribution in [2.75, 3.05) is 33.9 Å². The second-order valence-corrected chi connectivity index (χ2v) is 5.76. The monoisotopic (exact) mass is 274 g/mol. The molecule has 0 fully saturated rings. The SMILES string of the molecule is CCC(CC)N(CCOC)C(CN)CC(C)(C)OC. The Bertz CT molecular complexity index is 218. The van der Waals surface area contributed by atoms with Gasteiger partial charge in [-0.05, 0) is 33.1 Å². The molecule has 0 aliphatic heterocycles. The molecule has 0 saturated heterocycles. The van der Waals surface area contributed by atoms with E-state index in [-0.39, 0.29) is 5.60 Å². The van der Waals surface area contributed by atoms with E-state index in [0.717, 1.165) is 32.4 Å². The van der Waals surface area contributed by atoms with E-state index >= 15 is 0 Å². The number of nitrogens with two attached hydrogens (primary N) is 1. The summed E-state index contributed by atoms with van der Waals surface area (Å²) in [6.07, 6.45) is 3.23. The summed E-state index contributed by atoms with van der Waals surface area (Å²) in [7, 11) is 3.52. The van der Waals surface area contributed by atoms with E-state index in [2.05, 4.69) is 32.6 Å². The molecule has 0 aromatic carbocycles. The molecule has 19 heavy (non-hydrogen) atoms. The number of methoxy groups -OCH3 is 2. The number of hydrogen-bond donors (Lipinski definition) is 1. The Labute approximate surface area is 119 Å². The summed E-state index contributed by atoms with van der Waals surface area (Å²) in [5.74, 6) is 0. The number of nitrogens with zero attached hydrogens (tertiary/aromatic N) is 1. The van der Waals surface area contributed by atoms with Gasteiger partial charge in [-0.3, -0.25) is 4.90 Å². The van der Waals surface area contributed by atoms with E-state index in [1.807, 2.05) is 0 Å². The molecule has 1 unspecified atom stereocenters. The summed E-state index contributed by atoms with van der Waals surface area (Å²) in [6.45, 7) is 11.1. The van der Waals surface area contributed by atoms with Gasteiger partial charge in [-0.1, -0.05) is 13.8 Å². The van der Waals surface area contributed by atoms with E-state index in [0.29, 0.717) is 18.6 Å². The first-order valence-electron chi connectivity index (χ1n) is 7.45. The van der Waals surface area contributed by atoms with Crippen molar-refractivity contribution in [1.29, 1.82) is 0 Å². The van der Waals surface area contributed by atoms with E-state index in [9.17, 15) is 0 Å². The van der Waals surface area contributed by atoms with Crippen molar-refractivity contribution in [3.05, 3.63) is 0 Å². The summed E-state index contributed by atoms with van der Waals surface area (Å²) >= 11 is 0. The Morgan fingerprint density at radius 2 is 1.68 bits per heavy atom. The van der Waals surface area contributed by atoms with Crippen LogP contribution in [0.5, 0.6) is 0 Å². The number of hydrogen-bond acceptors (Lipinski definition) is 4. The van der Waals surface area contributed by atoms with Gasteiger partial charge in [0.15, 0.2) is 0 Å². The van der Waals surface area contributed by atoms with Crippen molar-refractivity contribution in [2.24, 2.45) is 5.73 Å². The summed E-state index contributed by atoms with van der Waals surface area (Å²) in [4.78, 5) is 2.50. The molecule has 0 aromatic heterocycles. The van der Waals surface area contributed by atoms with Gasteiger partial charge in [0.1, 0.15) is 0 Å². The normalized spacial score (nSPS) is 14.4. The second kappa shape index (κ2) is 9.70. The van der Waals surface area contributed by atoms with Crippen LogP contribution in [-0.4, -0.2) is 56.5 Å². The smallest absolute Gasteiger partial charge is 0.0638 e. The minimum absolute atomic E-state index is 0.138. The van der Waals surface area contributed by atoms with Crippen LogP contribution in [0.2, 0.25) is 0 Å². The van der Waals surface area contributed by atoms with Crippen molar-refractivity contribution in [3.8, 4) is 0 Å². The molecule has 4 heteroatoms. The summed E-state index contributed by atoms with van der Waals surface area (Å²) in [5, 5.41) is 0. The molecule has 1 atom stereocenters. The van der Waals surface area contributed by atoms with Gasteiger partial charge >= 0.3 is 0 Å². The van der Waals surface area contributed by atoms with Crippen LogP contribution in [-0.2, 0) is 9.47 Å². The first-order valence-corrected chi connectivity index (χ1v) is 7.45. The van der Waals surface area contributed by atoms with E-state index < -0.39 is 0 Å². The van der Waals surface area contributed by atoms with Gasteiger partial charge in [-0.25, -0.2) is 0 Å². The van der Waals surface area contributed by atoms with E-state index in [1.165, 1.54) is 0 Å². The van der Waals surface area contributed by atoms with Crippen LogP contribution in [0.4, 0.5) is 0 Å². The predicted molar refractivity (Wildman–Crippen MR) is 81.5 cm³/mol. The third-order valence-corrected chi connectivity index (χ3v) is 3.99. The molecule has 4 nitrogen and oxygen atoms in total. The van der Waals surface area contributed by atoms with Crippen LogP contribution in [0.3, 0.4) is 0 Å². The molecule has 0 heterocycles. The zero-order valence-electron chi connectivity index (χ0n) is 13.7. The lowest BCUT2D eigenvalue weighted by atomic mass is 9.95. The summed E-state index contributed by atoms with van der Waals surface area (Å²) in [6, 6.07) is 0.909. The van der Waals surface area contributed by atoms with Gasteiger partial charge in [-0.2, -0.15) is 0 Å². The maximum Gasteiger partial charge on any atom is 0.0638 e. The third-order valence-electron chi connectivity index (χ3n) is 3.99. The highest BCUT2D eigenvalue weighted by atomic mass is 16.5. The highest BCUT2D eigenvalue weighted by Crippen LogP contribution is 2.22. The predicted octanol–water partition coefficient (Wildman–Crippen LogP) is 2.27. The Morgan fingerprint density at radius 3 is 2.05 bits per heavy atom. The lowest BCUT2D eigenvalue weighted by Crippen LogP contribution is -2.50. The zero-order valence-corrected chi connectivity index (χ0v) is 13.7. The Balaban J connectivity index is 4.84. The molecule has 2 N–H and O–H groups in total. The van der Waals surface area contributed by atoms with Crippen LogP contribution < -0.4 is 5.73 Å². The van der Waals surface area contributed by atoms with E-state index in [4.69, 9.17) is 15.2 Å². The van der Waals surface area contributed by atoms with Crippen molar-refractivity contribution in [3.63, 3.8) is 0 Å². The Hall–Kier alpha value is -0.160. The third kappa shape index (κ3) is 6.70. The molecule has 0 spiro atoms. The van der Waals surface area contributed by atoms with Gasteiger partial charge in [0, 0.05) is 39.4 Å². The number of ether oxygens (including phenoxy) is 2. The van der Waals surface area contributed by atoms with Crippen LogP contribution in [0.15, 0.2) is 0 Å². The lowest BCUT2D eigenvalue weighted by molar-refractivity contribution is -0.0191. The van der Waals surface area contributed by atoms with Crippen LogP contribution in [0.1, 0.15) is 47.0 Å². The average Bonchev–Trinajstić information content (AvgIpc) is 2.41. The average molecular weight is 274 g/mol. The fourth-order valence-corrected chi connectivity index (χ4v) is 2.60. The topological polar surface area (TPSA) is 47.7 Å². The summed E-state index contributed by atoms with van der Waals surface area (Å²) < 4.78 is 10.8. The molecular weight excluding hydrogens is 240 g/mol. The first-order chi connectivity index (χ1) is 8.95. The fraction of sp³-hybridized carbons (Fsp3) is 1.00. The van der Waals surface area contributed by atoms with Crippen LogP contribution in [0.25, 0.3) is 0 Å². The molecule has 0 aliphatic rings. The van der Waals surface area contributed by atoms with Gasteiger partial charge < -0.3 is 15.2 Å². The molecule has 0 radical (unpaired) electrons. The highest BCUT2D eigenvalue weighted by molar-refractivity contribution is 4.84. The van der Waals surface area contributed by atoms with Gasteiger partial charge in [0.2, 0.25) is 0 Å². The van der Waals surface area contributed by atoms with Crippen LogP contribution >= 0.6 is 0 Å². The first kappa shape index (κ1) is 18.8. The lowest BCUT2D eigenvalue weighted by Gasteiger charge is -2.40. The largest absolute Gasteiger partial charge is 0.383 e. The van der Waals surface area contributed by atoms with Gasteiger partial charge in [-0.15, -0.1) is 0 Å². The minimum Gasteiger partial charge on any atom is -0.383 e. The van der Waals surface area contributed by atoms with E-state index in [1.54, 1.807) is 14.2 Å². The standard InChI is InChI=1S/C15H34N2O2/c1-7-13(8-2)17(9-10-18-5)14(12-16)11-15(3,4)19-6/h13-14H,7-12,16H2,1-6H3. The summed E-state index contributed by atoms with van der Waals surface area (Å²) in [5.41, 5.74) is 5.88. The van der Waals surface area contributed by atoms with Crippen molar-refractivity contribution in [1.82, 2.24) is 4.90 Å². The van der Waals surface area contributed by atoms with Crippen LogP contribution in [0, 0.1) is 0 Å². The van der Waals surface area contributed by atoms with Crippen molar-refractivity contribution >= 4 is 0 Å². The molecule has 0 saturated carbocycles.